The third-order valence-corrected chi connectivity index (χ3v) is 3.66. The maximum absolute atomic E-state index is 10.2. The summed E-state index contributed by atoms with van der Waals surface area (Å²) >= 11 is 0. The van der Waals surface area contributed by atoms with Crippen LogP contribution in [0.1, 0.15) is 25.3 Å². The Hall–Kier alpha value is -2.56. The molecule has 3 rings (SSSR count). The lowest BCUT2D eigenvalue weighted by Gasteiger charge is -2.06. The zero-order valence-corrected chi connectivity index (χ0v) is 12.8. The van der Waals surface area contributed by atoms with Crippen LogP contribution in [0.5, 0.6) is 11.5 Å². The lowest BCUT2D eigenvalue weighted by atomic mass is 10.1. The Kier molecular flexibility index (Phi) is 3.96. The summed E-state index contributed by atoms with van der Waals surface area (Å²) in [5, 5.41) is 19.1. The van der Waals surface area contributed by atoms with Crippen molar-refractivity contribution in [1.82, 2.24) is 15.0 Å². The van der Waals surface area contributed by atoms with E-state index in [2.05, 4.69) is 17.1 Å². The molecule has 0 amide bonds. The summed E-state index contributed by atoms with van der Waals surface area (Å²) in [6, 6.07) is 11.2. The highest BCUT2D eigenvalue weighted by Gasteiger charge is 2.10. The van der Waals surface area contributed by atoms with Gasteiger partial charge in [0, 0.05) is 6.07 Å². The molecule has 0 bridgehead atoms. The van der Waals surface area contributed by atoms with Crippen LogP contribution in [0.3, 0.4) is 0 Å². The molecule has 0 atom stereocenters. The largest absolute Gasteiger partial charge is 0.506 e. The number of unbranched alkanes of at least 4 members (excludes halogenated alkanes) is 1. The number of methoxy groups -OCH3 is 1. The number of aryl methyl sites for hydroxylation is 1. The van der Waals surface area contributed by atoms with Crippen LogP contribution in [0.2, 0.25) is 0 Å². The molecule has 22 heavy (non-hydrogen) atoms. The fourth-order valence-electron chi connectivity index (χ4n) is 2.40. The van der Waals surface area contributed by atoms with Crippen LogP contribution < -0.4 is 4.74 Å². The third-order valence-electron chi connectivity index (χ3n) is 3.66. The number of hydrogen-bond donors (Lipinski definition) is 1. The van der Waals surface area contributed by atoms with E-state index >= 15 is 0 Å². The summed E-state index contributed by atoms with van der Waals surface area (Å²) in [4.78, 5) is 1.46. The Labute approximate surface area is 129 Å². The van der Waals surface area contributed by atoms with E-state index in [4.69, 9.17) is 4.74 Å². The van der Waals surface area contributed by atoms with Crippen LogP contribution in [0, 0.1) is 0 Å². The molecule has 3 aromatic rings. The molecule has 0 aliphatic heterocycles. The zero-order chi connectivity index (χ0) is 15.5. The van der Waals surface area contributed by atoms with Crippen molar-refractivity contribution >= 4 is 11.0 Å². The molecule has 0 radical (unpaired) electrons. The van der Waals surface area contributed by atoms with E-state index in [1.807, 2.05) is 30.3 Å². The topological polar surface area (TPSA) is 60.2 Å². The molecule has 0 aliphatic rings. The normalized spacial score (nSPS) is 11.0. The van der Waals surface area contributed by atoms with Crippen LogP contribution in [0.15, 0.2) is 36.4 Å². The van der Waals surface area contributed by atoms with Crippen molar-refractivity contribution in [2.75, 3.05) is 7.11 Å². The maximum Gasteiger partial charge on any atom is 0.143 e. The van der Waals surface area contributed by atoms with Gasteiger partial charge in [0.05, 0.1) is 7.11 Å². The van der Waals surface area contributed by atoms with Gasteiger partial charge in [-0.2, -0.15) is 0 Å². The standard InChI is InChI=1S/C17H19N3O2/c1-3-4-5-12-6-9-16(17(21)10-12)20-18-14-8-7-13(22-2)11-15(14)19-20/h6-11,21H,3-5H2,1-2H3. The molecule has 1 N–H and O–H groups in total. The third kappa shape index (κ3) is 2.74. The maximum atomic E-state index is 10.2. The zero-order valence-electron chi connectivity index (χ0n) is 12.8. The fourth-order valence-corrected chi connectivity index (χ4v) is 2.40. The van der Waals surface area contributed by atoms with Gasteiger partial charge in [0.25, 0.3) is 0 Å². The first kappa shape index (κ1) is 14.4. The summed E-state index contributed by atoms with van der Waals surface area (Å²) in [5.41, 5.74) is 3.20. The highest BCUT2D eigenvalue weighted by atomic mass is 16.5. The molecule has 1 heterocycles. The predicted octanol–water partition coefficient (Wildman–Crippen LogP) is 3.48. The Balaban J connectivity index is 1.96. The summed E-state index contributed by atoms with van der Waals surface area (Å²) in [6.45, 7) is 2.15. The van der Waals surface area contributed by atoms with Gasteiger partial charge in [-0.15, -0.1) is 15.0 Å². The molecule has 0 unspecified atom stereocenters. The van der Waals surface area contributed by atoms with Crippen LogP contribution >= 0.6 is 0 Å². The number of aromatic hydroxyl groups is 1. The molecule has 0 aliphatic carbocycles. The molecule has 0 saturated carbocycles. The minimum absolute atomic E-state index is 0.195. The Bertz CT molecular complexity index is 796. The number of ether oxygens (including phenoxy) is 1. The van der Waals surface area contributed by atoms with E-state index < -0.39 is 0 Å². The highest BCUT2D eigenvalue weighted by Crippen LogP contribution is 2.25. The Morgan fingerprint density at radius 1 is 1.09 bits per heavy atom. The number of fused-ring (bicyclic) bond motifs is 1. The number of phenolic OH excluding ortho intramolecular Hbond substituents is 1. The van der Waals surface area contributed by atoms with Gasteiger partial charge in [0.15, 0.2) is 0 Å². The van der Waals surface area contributed by atoms with Gasteiger partial charge in [-0.05, 0) is 42.7 Å². The van der Waals surface area contributed by atoms with Gasteiger partial charge in [0.2, 0.25) is 0 Å². The summed E-state index contributed by atoms with van der Waals surface area (Å²) in [5.74, 6) is 0.930. The number of phenols is 1. The number of aromatic nitrogens is 3. The van der Waals surface area contributed by atoms with E-state index in [-0.39, 0.29) is 5.75 Å². The molecular weight excluding hydrogens is 278 g/mol. The first-order valence-corrected chi connectivity index (χ1v) is 7.44. The second-order valence-corrected chi connectivity index (χ2v) is 5.27. The van der Waals surface area contributed by atoms with E-state index in [0.717, 1.165) is 41.6 Å². The van der Waals surface area contributed by atoms with Gasteiger partial charge >= 0.3 is 0 Å². The second-order valence-electron chi connectivity index (χ2n) is 5.27. The molecule has 1 aromatic heterocycles. The van der Waals surface area contributed by atoms with Crippen molar-refractivity contribution in [3.05, 3.63) is 42.0 Å². The fraction of sp³-hybridized carbons (Fsp3) is 0.294. The van der Waals surface area contributed by atoms with Gasteiger partial charge in [-0.25, -0.2) is 0 Å². The number of benzene rings is 2. The molecule has 0 spiro atoms. The number of hydrogen-bond acceptors (Lipinski definition) is 4. The van der Waals surface area contributed by atoms with Gasteiger partial charge in [-0.3, -0.25) is 0 Å². The predicted molar refractivity (Wildman–Crippen MR) is 85.7 cm³/mol. The first-order valence-electron chi connectivity index (χ1n) is 7.44. The van der Waals surface area contributed by atoms with E-state index in [0.29, 0.717) is 5.69 Å². The molecule has 0 saturated heterocycles. The lowest BCUT2D eigenvalue weighted by molar-refractivity contribution is 0.415. The Morgan fingerprint density at radius 3 is 2.64 bits per heavy atom. The van der Waals surface area contributed by atoms with Crippen LogP contribution in [0.4, 0.5) is 0 Å². The van der Waals surface area contributed by atoms with Gasteiger partial charge < -0.3 is 9.84 Å². The number of rotatable bonds is 5. The minimum Gasteiger partial charge on any atom is -0.506 e. The molecule has 2 aromatic carbocycles. The van der Waals surface area contributed by atoms with Crippen molar-refractivity contribution in [1.29, 1.82) is 0 Å². The molecule has 114 valence electrons. The molecule has 5 heteroatoms. The van der Waals surface area contributed by atoms with Gasteiger partial charge in [0.1, 0.15) is 28.2 Å². The first-order chi connectivity index (χ1) is 10.7. The van der Waals surface area contributed by atoms with E-state index in [1.165, 1.54) is 4.80 Å². The smallest absolute Gasteiger partial charge is 0.143 e. The molecule has 0 fully saturated rings. The van der Waals surface area contributed by atoms with E-state index in [1.54, 1.807) is 13.2 Å². The monoisotopic (exact) mass is 297 g/mol. The van der Waals surface area contributed by atoms with E-state index in [9.17, 15) is 5.11 Å². The lowest BCUT2D eigenvalue weighted by Crippen LogP contribution is -1.99. The average Bonchev–Trinajstić information content (AvgIpc) is 2.95. The van der Waals surface area contributed by atoms with Crippen molar-refractivity contribution in [3.63, 3.8) is 0 Å². The Morgan fingerprint density at radius 2 is 1.91 bits per heavy atom. The average molecular weight is 297 g/mol. The number of nitrogens with zero attached hydrogens (tertiary/aromatic N) is 3. The van der Waals surface area contributed by atoms with Crippen molar-refractivity contribution < 1.29 is 9.84 Å². The van der Waals surface area contributed by atoms with Gasteiger partial charge in [-0.1, -0.05) is 19.4 Å². The van der Waals surface area contributed by atoms with Crippen molar-refractivity contribution in [2.45, 2.75) is 26.2 Å². The van der Waals surface area contributed by atoms with Crippen LogP contribution in [0.25, 0.3) is 16.7 Å². The summed E-state index contributed by atoms with van der Waals surface area (Å²) in [6.07, 6.45) is 3.22. The summed E-state index contributed by atoms with van der Waals surface area (Å²) < 4.78 is 5.19. The van der Waals surface area contributed by atoms with Crippen molar-refractivity contribution in [3.8, 4) is 17.2 Å². The van der Waals surface area contributed by atoms with Crippen molar-refractivity contribution in [2.24, 2.45) is 0 Å². The molecular formula is C17H19N3O2. The minimum atomic E-state index is 0.195. The van der Waals surface area contributed by atoms with Crippen LogP contribution in [-0.4, -0.2) is 27.2 Å². The summed E-state index contributed by atoms with van der Waals surface area (Å²) in [7, 11) is 1.62. The SMILES string of the molecule is CCCCc1ccc(-n2nc3ccc(OC)cc3n2)c(O)c1. The highest BCUT2D eigenvalue weighted by molar-refractivity contribution is 5.75. The quantitative estimate of drug-likeness (QED) is 0.783. The van der Waals surface area contributed by atoms with Crippen LogP contribution in [-0.2, 0) is 6.42 Å². The molecule has 5 nitrogen and oxygen atoms in total. The second kappa shape index (κ2) is 6.05.